The Kier molecular flexibility index (Phi) is 9.77. The average molecular weight is 447 g/mol. The molecule has 0 aliphatic heterocycles. The van der Waals surface area contributed by atoms with Crippen LogP contribution in [0.25, 0.3) is 22.1 Å². The van der Waals surface area contributed by atoms with Gasteiger partial charge in [0.1, 0.15) is 5.75 Å². The van der Waals surface area contributed by atoms with Gasteiger partial charge in [0.2, 0.25) is 0 Å². The highest BCUT2D eigenvalue weighted by atomic mass is 16.5. The summed E-state index contributed by atoms with van der Waals surface area (Å²) in [5.41, 5.74) is 3.15. The van der Waals surface area contributed by atoms with Gasteiger partial charge in [0, 0.05) is 29.9 Å². The molecule has 7 nitrogen and oxygen atoms in total. The van der Waals surface area contributed by atoms with E-state index in [0.29, 0.717) is 18.7 Å². The maximum atomic E-state index is 12.7. The van der Waals surface area contributed by atoms with Crippen LogP contribution in [0.5, 0.6) is 5.75 Å². The van der Waals surface area contributed by atoms with Gasteiger partial charge in [-0.15, -0.1) is 0 Å². The molecule has 2 heterocycles. The fourth-order valence-electron chi connectivity index (χ4n) is 3.42. The highest BCUT2D eigenvalue weighted by Crippen LogP contribution is 2.28. The first-order valence-electron chi connectivity index (χ1n) is 10.7. The summed E-state index contributed by atoms with van der Waals surface area (Å²) >= 11 is 0. The molecule has 0 saturated carbocycles. The first-order chi connectivity index (χ1) is 16.2. The van der Waals surface area contributed by atoms with Gasteiger partial charge in [-0.3, -0.25) is 9.78 Å². The van der Waals surface area contributed by atoms with Crippen molar-refractivity contribution in [3.05, 3.63) is 78.1 Å². The Labute approximate surface area is 194 Å². The quantitative estimate of drug-likeness (QED) is 0.382. The minimum Gasteiger partial charge on any atom is -0.496 e. The van der Waals surface area contributed by atoms with Gasteiger partial charge in [0.25, 0.3) is 5.91 Å². The van der Waals surface area contributed by atoms with Crippen molar-refractivity contribution in [2.24, 2.45) is 0 Å². The summed E-state index contributed by atoms with van der Waals surface area (Å²) in [4.78, 5) is 21.0. The van der Waals surface area contributed by atoms with Crippen LogP contribution < -0.4 is 10.1 Å². The number of aryl methyl sites for hydroxylation is 1. The molecule has 2 aromatic carbocycles. The third kappa shape index (κ3) is 6.04. The molecule has 0 atom stereocenters. The number of methoxy groups -OCH3 is 1. The number of hydrogen-bond donors (Lipinski definition) is 2. The van der Waals surface area contributed by atoms with E-state index < -0.39 is 0 Å². The lowest BCUT2D eigenvalue weighted by atomic mass is 10.0. The largest absolute Gasteiger partial charge is 0.496 e. The summed E-state index contributed by atoms with van der Waals surface area (Å²) in [7, 11) is 1.63. The van der Waals surface area contributed by atoms with E-state index in [-0.39, 0.29) is 11.6 Å². The van der Waals surface area contributed by atoms with Crippen molar-refractivity contribution in [2.75, 3.05) is 13.7 Å². The van der Waals surface area contributed by atoms with Crippen LogP contribution in [0, 0.1) is 12.3 Å². The molecule has 0 aliphatic rings. The van der Waals surface area contributed by atoms with Crippen LogP contribution in [0.3, 0.4) is 0 Å². The molecule has 4 aromatic rings. The molecule has 172 valence electrons. The molecule has 0 saturated heterocycles. The van der Waals surface area contributed by atoms with Crippen molar-refractivity contribution in [3.8, 4) is 17.1 Å². The number of aromatic nitrogens is 2. The number of rotatable bonds is 6. The fourth-order valence-corrected chi connectivity index (χ4v) is 3.42. The summed E-state index contributed by atoms with van der Waals surface area (Å²) in [6, 6.07) is 13.7. The van der Waals surface area contributed by atoms with Gasteiger partial charge in [-0.1, -0.05) is 32.0 Å². The number of benzene rings is 2. The van der Waals surface area contributed by atoms with Crippen LogP contribution >= 0.6 is 0 Å². The second kappa shape index (κ2) is 12.8. The topological polar surface area (TPSA) is 101 Å². The lowest BCUT2D eigenvalue weighted by Crippen LogP contribution is -2.26. The Morgan fingerprint density at radius 2 is 1.97 bits per heavy atom. The van der Waals surface area contributed by atoms with E-state index in [9.17, 15) is 4.79 Å². The second-order valence-electron chi connectivity index (χ2n) is 6.73. The standard InChI is InChI=1S/C23H21N3O3.C2H6.CH3N/c1-15-12-18(6-7-20(15)28-2)22-21(26-14-29-22)23(27)25-11-9-17-5-3-4-16-8-10-24-13-19(16)17;2*1-2/h3-8,10,12-14H,9,11H2,1-2H3,(H,25,27);1-2H3;2H,1H2. The average Bonchev–Trinajstić information content (AvgIpc) is 3.37. The molecule has 0 aliphatic carbocycles. The summed E-state index contributed by atoms with van der Waals surface area (Å²) in [5, 5.41) is 10.7. The number of amides is 1. The van der Waals surface area contributed by atoms with Crippen LogP contribution in [0.15, 0.2) is 65.7 Å². The highest BCUT2D eigenvalue weighted by Gasteiger charge is 2.18. The Bertz CT molecular complexity index is 1180. The predicted octanol–water partition coefficient (Wildman–Crippen LogP) is 5.47. The molecule has 7 heteroatoms. The van der Waals surface area contributed by atoms with E-state index in [2.05, 4.69) is 34.1 Å². The number of pyridine rings is 1. The van der Waals surface area contributed by atoms with Crippen LogP contribution in [0.4, 0.5) is 0 Å². The van der Waals surface area contributed by atoms with E-state index in [1.54, 1.807) is 13.3 Å². The van der Waals surface area contributed by atoms with Crippen molar-refractivity contribution in [2.45, 2.75) is 27.2 Å². The number of oxazole rings is 1. The van der Waals surface area contributed by atoms with Crippen LogP contribution in [0.2, 0.25) is 0 Å². The minimum absolute atomic E-state index is 0.263. The molecule has 0 unspecified atom stereocenters. The predicted molar refractivity (Wildman–Crippen MR) is 132 cm³/mol. The molecule has 1 amide bonds. The third-order valence-electron chi connectivity index (χ3n) is 4.89. The summed E-state index contributed by atoms with van der Waals surface area (Å²) < 4.78 is 10.8. The monoisotopic (exact) mass is 446 g/mol. The maximum Gasteiger partial charge on any atom is 0.273 e. The van der Waals surface area contributed by atoms with E-state index in [1.807, 2.05) is 57.3 Å². The van der Waals surface area contributed by atoms with Gasteiger partial charge in [-0.25, -0.2) is 4.98 Å². The van der Waals surface area contributed by atoms with E-state index in [0.717, 1.165) is 33.2 Å². The number of fused-ring (bicyclic) bond motifs is 1. The lowest BCUT2D eigenvalue weighted by Gasteiger charge is -2.08. The fraction of sp³-hybridized carbons (Fsp3) is 0.231. The summed E-state index contributed by atoms with van der Waals surface area (Å²) in [6.45, 7) is 8.93. The van der Waals surface area contributed by atoms with Crippen LogP contribution in [-0.2, 0) is 6.42 Å². The molecule has 33 heavy (non-hydrogen) atoms. The molecule has 0 spiro atoms. The van der Waals surface area contributed by atoms with Crippen LogP contribution in [-0.4, -0.2) is 36.2 Å². The lowest BCUT2D eigenvalue weighted by molar-refractivity contribution is 0.0950. The molecule has 0 radical (unpaired) electrons. The minimum atomic E-state index is -0.263. The van der Waals surface area contributed by atoms with Crippen molar-refractivity contribution >= 4 is 23.4 Å². The Balaban J connectivity index is 0.000000914. The SMILES string of the molecule is C=N.CC.COc1ccc(-c2ocnc2C(=O)NCCc2cccc3ccncc23)cc1C. The zero-order chi connectivity index (χ0) is 24.2. The Morgan fingerprint density at radius 1 is 1.18 bits per heavy atom. The molecule has 4 rings (SSSR count). The molecule has 2 N–H and O–H groups in total. The Morgan fingerprint density at radius 3 is 2.70 bits per heavy atom. The van der Waals surface area contributed by atoms with Crippen molar-refractivity contribution in [1.29, 1.82) is 5.41 Å². The highest BCUT2D eigenvalue weighted by molar-refractivity contribution is 5.97. The van der Waals surface area contributed by atoms with E-state index >= 15 is 0 Å². The van der Waals surface area contributed by atoms with Crippen molar-refractivity contribution in [1.82, 2.24) is 15.3 Å². The Hall–Kier alpha value is -4.00. The molecule has 0 bridgehead atoms. The number of carbonyl (C=O) groups is 1. The van der Waals surface area contributed by atoms with E-state index in [1.165, 1.54) is 6.39 Å². The van der Waals surface area contributed by atoms with Gasteiger partial charge in [0.15, 0.2) is 17.8 Å². The zero-order valence-electron chi connectivity index (χ0n) is 19.5. The summed E-state index contributed by atoms with van der Waals surface area (Å²) in [6.07, 6.45) is 5.62. The van der Waals surface area contributed by atoms with Crippen molar-refractivity contribution in [3.63, 3.8) is 0 Å². The molecule has 0 fully saturated rings. The molecular weight excluding hydrogens is 416 g/mol. The maximum absolute atomic E-state index is 12.7. The summed E-state index contributed by atoms with van der Waals surface area (Å²) in [5.74, 6) is 0.965. The first-order valence-corrected chi connectivity index (χ1v) is 10.7. The number of hydrogen-bond acceptors (Lipinski definition) is 6. The van der Waals surface area contributed by atoms with Gasteiger partial charge >= 0.3 is 0 Å². The number of carbonyl (C=O) groups excluding carboxylic acids is 1. The van der Waals surface area contributed by atoms with E-state index in [4.69, 9.17) is 14.6 Å². The van der Waals surface area contributed by atoms with Gasteiger partial charge < -0.3 is 19.9 Å². The third-order valence-corrected chi connectivity index (χ3v) is 4.89. The molecule has 2 aromatic heterocycles. The molecular formula is C26H30N4O3. The van der Waals surface area contributed by atoms with Gasteiger partial charge in [0.05, 0.1) is 7.11 Å². The number of nitrogens with one attached hydrogen (secondary N) is 2. The first kappa shape index (κ1) is 25.3. The van der Waals surface area contributed by atoms with Crippen LogP contribution in [0.1, 0.15) is 35.5 Å². The normalized spacial score (nSPS) is 9.82. The number of nitrogens with zero attached hydrogens (tertiary/aromatic N) is 2. The van der Waals surface area contributed by atoms with Gasteiger partial charge in [-0.2, -0.15) is 0 Å². The van der Waals surface area contributed by atoms with Gasteiger partial charge in [-0.05, 0) is 60.8 Å². The second-order valence-corrected chi connectivity index (χ2v) is 6.73. The smallest absolute Gasteiger partial charge is 0.273 e. The number of ether oxygens (including phenoxy) is 1. The zero-order valence-corrected chi connectivity index (χ0v) is 19.5. The van der Waals surface area contributed by atoms with Crippen molar-refractivity contribution < 1.29 is 13.9 Å².